The average molecular weight is 561 g/mol. The summed E-state index contributed by atoms with van der Waals surface area (Å²) < 4.78 is 0. The topological polar surface area (TPSA) is 103 Å². The first-order chi connectivity index (χ1) is 20.0. The predicted molar refractivity (Wildman–Crippen MR) is 166 cm³/mol. The van der Waals surface area contributed by atoms with Crippen LogP contribution in [0, 0.1) is 0 Å². The molecule has 1 heterocycles. The molecule has 41 heavy (non-hydrogen) atoms. The molecule has 3 amide bonds. The predicted octanol–water partition coefficient (Wildman–Crippen LogP) is 6.70. The molecule has 5 aromatic rings. The van der Waals surface area contributed by atoms with Crippen molar-refractivity contribution < 1.29 is 14.4 Å². The molecule has 0 fully saturated rings. The minimum atomic E-state index is -0.462. The highest BCUT2D eigenvalue weighted by Crippen LogP contribution is 2.26. The number of amides is 3. The van der Waals surface area contributed by atoms with E-state index in [0.29, 0.717) is 11.3 Å². The van der Waals surface area contributed by atoms with Gasteiger partial charge in [-0.3, -0.25) is 14.4 Å². The van der Waals surface area contributed by atoms with Gasteiger partial charge in [0.25, 0.3) is 11.8 Å². The second-order valence-electron chi connectivity index (χ2n) is 9.26. The van der Waals surface area contributed by atoms with Crippen molar-refractivity contribution in [3.8, 4) is 0 Å². The van der Waals surface area contributed by atoms with Gasteiger partial charge >= 0.3 is 0 Å². The van der Waals surface area contributed by atoms with Crippen LogP contribution in [0.1, 0.15) is 22.8 Å². The minimum Gasteiger partial charge on any atom is -0.361 e. The Kier molecular flexibility index (Phi) is 8.61. The number of carbonyl (C=O) groups is 3. The Labute approximate surface area is 242 Å². The van der Waals surface area contributed by atoms with E-state index in [1.165, 1.54) is 11.8 Å². The monoisotopic (exact) mass is 560 g/mol. The molecule has 204 valence electrons. The molecule has 0 aliphatic rings. The number of rotatable bonds is 9. The van der Waals surface area contributed by atoms with E-state index < -0.39 is 5.91 Å². The van der Waals surface area contributed by atoms with E-state index in [-0.39, 0.29) is 22.8 Å². The summed E-state index contributed by atoms with van der Waals surface area (Å²) in [7, 11) is 0. The van der Waals surface area contributed by atoms with Crippen LogP contribution < -0.4 is 16.0 Å². The summed E-state index contributed by atoms with van der Waals surface area (Å²) in [5, 5.41) is 9.16. The van der Waals surface area contributed by atoms with Crippen LogP contribution in [0.25, 0.3) is 17.0 Å². The smallest absolute Gasteiger partial charge is 0.272 e. The van der Waals surface area contributed by atoms with E-state index >= 15 is 0 Å². The largest absolute Gasteiger partial charge is 0.361 e. The van der Waals surface area contributed by atoms with E-state index in [2.05, 4.69) is 20.9 Å². The third-order valence-corrected chi connectivity index (χ3v) is 7.40. The van der Waals surface area contributed by atoms with E-state index in [4.69, 9.17) is 0 Å². The maximum Gasteiger partial charge on any atom is 0.272 e. The third-order valence-electron chi connectivity index (χ3n) is 6.29. The first-order valence-corrected chi connectivity index (χ1v) is 13.9. The van der Waals surface area contributed by atoms with Gasteiger partial charge in [0.1, 0.15) is 5.70 Å². The van der Waals surface area contributed by atoms with Crippen molar-refractivity contribution in [1.29, 1.82) is 0 Å². The molecule has 4 N–H and O–H groups in total. The van der Waals surface area contributed by atoms with Crippen LogP contribution in [-0.2, 0) is 9.59 Å². The Balaban J connectivity index is 1.29. The van der Waals surface area contributed by atoms with E-state index in [1.54, 1.807) is 48.7 Å². The van der Waals surface area contributed by atoms with E-state index in [9.17, 15) is 14.4 Å². The molecule has 1 aromatic heterocycles. The molecule has 0 bridgehead atoms. The Hall–Kier alpha value is -5.08. The zero-order valence-corrected chi connectivity index (χ0v) is 23.1. The van der Waals surface area contributed by atoms with Gasteiger partial charge in [0.2, 0.25) is 5.91 Å². The normalized spacial score (nSPS) is 12.0. The number of hydrogen-bond acceptors (Lipinski definition) is 4. The maximum atomic E-state index is 13.4. The molecule has 1 atom stereocenters. The number of nitrogens with one attached hydrogen (secondary N) is 4. The number of anilines is 2. The van der Waals surface area contributed by atoms with Crippen LogP contribution in [0.15, 0.2) is 126 Å². The molecular weight excluding hydrogens is 532 g/mol. The van der Waals surface area contributed by atoms with Crippen molar-refractivity contribution in [2.24, 2.45) is 0 Å². The van der Waals surface area contributed by atoms with Crippen LogP contribution in [-0.4, -0.2) is 28.0 Å². The Morgan fingerprint density at radius 1 is 0.756 bits per heavy atom. The standard InChI is InChI=1S/C33H28N4O3S/c1-22(31(38)35-25-12-6-3-7-13-25)41-27-18-16-26(17-19-27)36-33(40)30(37-32(39)23-10-4-2-5-11-23)20-24-21-34-29-15-9-8-14-28(24)29/h2-22,34H,1H3,(H,35,38)(H,36,40)(H,37,39)/b30-20+/t22-/m1/s1. The fourth-order valence-electron chi connectivity index (χ4n) is 4.15. The summed E-state index contributed by atoms with van der Waals surface area (Å²) in [6.45, 7) is 1.84. The fraction of sp³-hybridized carbons (Fsp3) is 0.0606. The molecular formula is C33H28N4O3S. The molecule has 0 radical (unpaired) electrons. The summed E-state index contributed by atoms with van der Waals surface area (Å²) in [6, 6.07) is 33.0. The molecule has 7 nitrogen and oxygen atoms in total. The van der Waals surface area contributed by atoms with Crippen molar-refractivity contribution in [3.05, 3.63) is 132 Å². The van der Waals surface area contributed by atoms with Crippen molar-refractivity contribution in [2.75, 3.05) is 10.6 Å². The highest BCUT2D eigenvalue weighted by Gasteiger charge is 2.17. The SMILES string of the molecule is C[C@@H](Sc1ccc(NC(=O)/C(=C\c2c[nH]c3ccccc23)NC(=O)c2ccccc2)cc1)C(=O)Nc1ccccc1. The highest BCUT2D eigenvalue weighted by molar-refractivity contribution is 8.00. The lowest BCUT2D eigenvalue weighted by atomic mass is 10.1. The quantitative estimate of drug-likeness (QED) is 0.119. The fourth-order valence-corrected chi connectivity index (χ4v) is 5.02. The molecule has 0 unspecified atom stereocenters. The van der Waals surface area contributed by atoms with Gasteiger partial charge in [-0.2, -0.15) is 0 Å². The van der Waals surface area contributed by atoms with Crippen molar-refractivity contribution in [1.82, 2.24) is 10.3 Å². The average Bonchev–Trinajstić information content (AvgIpc) is 3.41. The van der Waals surface area contributed by atoms with Crippen molar-refractivity contribution in [2.45, 2.75) is 17.1 Å². The number of carbonyl (C=O) groups excluding carboxylic acids is 3. The molecule has 0 spiro atoms. The third kappa shape index (κ3) is 7.12. The Bertz CT molecular complexity index is 1700. The number of H-pyrrole nitrogens is 1. The summed E-state index contributed by atoms with van der Waals surface area (Å²) in [4.78, 5) is 43.0. The Morgan fingerprint density at radius 3 is 2.12 bits per heavy atom. The first kappa shape index (κ1) is 27.5. The van der Waals surface area contributed by atoms with Crippen LogP contribution >= 0.6 is 11.8 Å². The summed E-state index contributed by atoms with van der Waals surface area (Å²) in [5.74, 6) is -0.947. The zero-order chi connectivity index (χ0) is 28.6. The van der Waals surface area contributed by atoms with Gasteiger partial charge in [0.15, 0.2) is 0 Å². The second-order valence-corrected chi connectivity index (χ2v) is 10.7. The number of thioether (sulfide) groups is 1. The molecule has 0 aliphatic heterocycles. The summed E-state index contributed by atoms with van der Waals surface area (Å²) >= 11 is 1.42. The number of benzene rings is 4. The maximum absolute atomic E-state index is 13.4. The molecule has 8 heteroatoms. The van der Waals surface area contributed by atoms with E-state index in [1.807, 2.05) is 79.7 Å². The van der Waals surface area contributed by atoms with Gasteiger partial charge in [-0.15, -0.1) is 11.8 Å². The van der Waals surface area contributed by atoms with Gasteiger partial charge < -0.3 is 20.9 Å². The van der Waals surface area contributed by atoms with Crippen LogP contribution in [0.5, 0.6) is 0 Å². The molecule has 0 saturated carbocycles. The van der Waals surface area contributed by atoms with E-state index in [0.717, 1.165) is 27.0 Å². The van der Waals surface area contributed by atoms with Gasteiger partial charge in [-0.05, 0) is 67.6 Å². The number of aromatic amines is 1. The highest BCUT2D eigenvalue weighted by atomic mass is 32.2. The summed E-state index contributed by atoms with van der Waals surface area (Å²) in [5.41, 5.74) is 3.55. The van der Waals surface area contributed by atoms with Gasteiger partial charge in [0, 0.05) is 44.5 Å². The minimum absolute atomic E-state index is 0.0974. The summed E-state index contributed by atoms with van der Waals surface area (Å²) in [6.07, 6.45) is 3.46. The molecule has 0 saturated heterocycles. The molecule has 5 rings (SSSR count). The first-order valence-electron chi connectivity index (χ1n) is 13.0. The van der Waals surface area contributed by atoms with Gasteiger partial charge in [-0.1, -0.05) is 54.6 Å². The van der Waals surface area contributed by atoms with Crippen LogP contribution in [0.4, 0.5) is 11.4 Å². The number of aromatic nitrogens is 1. The zero-order valence-electron chi connectivity index (χ0n) is 22.3. The molecule has 4 aromatic carbocycles. The van der Waals surface area contributed by atoms with Crippen molar-refractivity contribution >= 4 is 57.8 Å². The number of hydrogen-bond donors (Lipinski definition) is 4. The number of para-hydroxylation sites is 2. The lowest BCUT2D eigenvalue weighted by molar-refractivity contribution is -0.115. The lowest BCUT2D eigenvalue weighted by Crippen LogP contribution is -2.30. The van der Waals surface area contributed by atoms with Crippen LogP contribution in [0.2, 0.25) is 0 Å². The van der Waals surface area contributed by atoms with Gasteiger partial charge in [0.05, 0.1) is 5.25 Å². The second kappa shape index (κ2) is 12.8. The van der Waals surface area contributed by atoms with Crippen molar-refractivity contribution in [3.63, 3.8) is 0 Å². The number of fused-ring (bicyclic) bond motifs is 1. The van der Waals surface area contributed by atoms with Crippen LogP contribution in [0.3, 0.4) is 0 Å². The lowest BCUT2D eigenvalue weighted by Gasteiger charge is -2.13. The van der Waals surface area contributed by atoms with Gasteiger partial charge in [-0.25, -0.2) is 0 Å². The molecule has 0 aliphatic carbocycles. The Morgan fingerprint density at radius 2 is 1.39 bits per heavy atom.